The molecule has 2 amide bonds. The van der Waals surface area contributed by atoms with Crippen molar-refractivity contribution in [1.29, 1.82) is 0 Å². The topological polar surface area (TPSA) is 71.1 Å². The minimum Gasteiger partial charge on any atom is -0.348 e. The van der Waals surface area contributed by atoms with Crippen LogP contribution in [0.15, 0.2) is 41.4 Å². The first-order chi connectivity index (χ1) is 12.2. The fraction of sp³-hybridized carbons (Fsp3) is 0.353. The zero-order chi connectivity index (χ0) is 19.3. The molecule has 0 radical (unpaired) electrons. The number of nitrogens with zero attached hydrogens (tertiary/aromatic N) is 1. The lowest BCUT2D eigenvalue weighted by Crippen LogP contribution is -2.27. The normalized spacial score (nSPS) is 14.7. The zero-order valence-electron chi connectivity index (χ0n) is 13.9. The summed E-state index contributed by atoms with van der Waals surface area (Å²) < 4.78 is 37.7. The number of hydrogen-bond acceptors (Lipinski definition) is 3. The van der Waals surface area contributed by atoms with Gasteiger partial charge in [0.25, 0.3) is 5.91 Å². The number of carbonyl (C=O) groups is 2. The first-order valence-corrected chi connectivity index (χ1v) is 8.99. The fourth-order valence-corrected chi connectivity index (χ4v) is 2.80. The van der Waals surface area contributed by atoms with Crippen molar-refractivity contribution in [3.8, 4) is 0 Å². The molecule has 0 aromatic carbocycles. The van der Waals surface area contributed by atoms with E-state index < -0.39 is 21.2 Å². The number of halogens is 4. The van der Waals surface area contributed by atoms with Crippen LogP contribution in [0.5, 0.6) is 0 Å². The smallest absolute Gasteiger partial charge is 0.324 e. The fourth-order valence-electron chi connectivity index (χ4n) is 2.35. The molecule has 26 heavy (non-hydrogen) atoms. The molecule has 0 aliphatic heterocycles. The lowest BCUT2D eigenvalue weighted by molar-refractivity contribution is -0.115. The first-order valence-electron chi connectivity index (χ1n) is 7.91. The number of alkyl halides is 3. The quantitative estimate of drug-likeness (QED) is 0.476. The molecule has 1 heterocycles. The molecule has 2 N–H and O–H groups in total. The highest BCUT2D eigenvalue weighted by atomic mass is 127. The van der Waals surface area contributed by atoms with E-state index in [0.717, 1.165) is 22.6 Å². The number of aromatic nitrogens is 1. The summed E-state index contributed by atoms with van der Waals surface area (Å²) in [5.41, 5.74) is -0.305. The Balaban J connectivity index is 2.06. The van der Waals surface area contributed by atoms with Crippen LogP contribution in [0, 0.1) is 0 Å². The van der Waals surface area contributed by atoms with E-state index in [9.17, 15) is 22.8 Å². The van der Waals surface area contributed by atoms with Gasteiger partial charge in [-0.3, -0.25) is 9.59 Å². The van der Waals surface area contributed by atoms with Crippen LogP contribution >= 0.6 is 22.6 Å². The summed E-state index contributed by atoms with van der Waals surface area (Å²) in [6, 6.07) is 2.83. The summed E-state index contributed by atoms with van der Waals surface area (Å²) in [4.78, 5) is 27.5. The van der Waals surface area contributed by atoms with Crippen LogP contribution in [0.1, 0.15) is 36.5 Å². The van der Waals surface area contributed by atoms with Gasteiger partial charge in [0.1, 0.15) is 11.6 Å². The van der Waals surface area contributed by atoms with Crippen LogP contribution in [0.2, 0.25) is 0 Å². The van der Waals surface area contributed by atoms with Crippen LogP contribution in [0.3, 0.4) is 0 Å². The Morgan fingerprint density at radius 1 is 1.38 bits per heavy atom. The maximum atomic E-state index is 14.2. The maximum Gasteiger partial charge on any atom is 0.324 e. The third kappa shape index (κ3) is 5.29. The number of nitrogens with one attached hydrogen (secondary N) is 2. The predicted molar refractivity (Wildman–Crippen MR) is 99.9 cm³/mol. The molecular formula is C17H17F3IN3O2. The second-order valence-electron chi connectivity index (χ2n) is 5.59. The lowest BCUT2D eigenvalue weighted by atomic mass is 9.98. The minimum atomic E-state index is -3.30. The SMILES string of the molecule is CCC(=O)Nc1cc(C(=O)NCC2=C(F)C(C(F)(F)I)=CCC2)ccn1. The van der Waals surface area contributed by atoms with Gasteiger partial charge in [0.2, 0.25) is 5.91 Å². The number of pyridine rings is 1. The molecule has 2 rings (SSSR count). The molecule has 140 valence electrons. The summed E-state index contributed by atoms with van der Waals surface area (Å²) >= 11 is 0.884. The minimum absolute atomic E-state index is 0.126. The van der Waals surface area contributed by atoms with Gasteiger partial charge in [0.15, 0.2) is 0 Å². The third-order valence-corrected chi connectivity index (χ3v) is 4.30. The van der Waals surface area contributed by atoms with Crippen molar-refractivity contribution < 1.29 is 22.8 Å². The van der Waals surface area contributed by atoms with E-state index in [2.05, 4.69) is 15.6 Å². The van der Waals surface area contributed by atoms with Gasteiger partial charge in [-0.1, -0.05) is 13.0 Å². The van der Waals surface area contributed by atoms with E-state index >= 15 is 0 Å². The van der Waals surface area contributed by atoms with Gasteiger partial charge in [0.05, 0.1) is 5.57 Å². The predicted octanol–water partition coefficient (Wildman–Crippen LogP) is 4.13. The highest BCUT2D eigenvalue weighted by molar-refractivity contribution is 14.1. The zero-order valence-corrected chi connectivity index (χ0v) is 16.1. The molecule has 0 atom stereocenters. The summed E-state index contributed by atoms with van der Waals surface area (Å²) in [6.07, 6.45) is 3.35. The first kappa shape index (κ1) is 20.4. The van der Waals surface area contributed by atoms with Crippen LogP contribution in [0.25, 0.3) is 0 Å². The van der Waals surface area contributed by atoms with E-state index in [1.54, 1.807) is 6.92 Å². The van der Waals surface area contributed by atoms with Gasteiger partial charge < -0.3 is 10.6 Å². The summed E-state index contributed by atoms with van der Waals surface area (Å²) in [6.45, 7) is 1.51. The van der Waals surface area contributed by atoms with E-state index in [-0.39, 0.29) is 48.7 Å². The highest BCUT2D eigenvalue weighted by Crippen LogP contribution is 2.40. The largest absolute Gasteiger partial charge is 0.348 e. The number of hydrogen-bond donors (Lipinski definition) is 2. The third-order valence-electron chi connectivity index (χ3n) is 3.72. The standard InChI is InChI=1S/C17H17F3IN3O2/c1-2-14(25)24-13-8-10(6-7-22-13)16(26)23-9-11-4-3-5-12(15(11)18)17(19,20)21/h5-8H,2-4,9H2,1H3,(H,23,26)(H,22,24,25). The molecule has 0 fully saturated rings. The maximum absolute atomic E-state index is 14.2. The van der Waals surface area contributed by atoms with Crippen LogP contribution in [-0.4, -0.2) is 27.3 Å². The number of amides is 2. The van der Waals surface area contributed by atoms with Crippen LogP contribution in [-0.2, 0) is 4.79 Å². The second kappa shape index (κ2) is 8.65. The number of allylic oxidation sites excluding steroid dienone is 3. The molecule has 0 spiro atoms. The molecule has 9 heteroatoms. The molecule has 5 nitrogen and oxygen atoms in total. The van der Waals surface area contributed by atoms with Gasteiger partial charge >= 0.3 is 3.93 Å². The second-order valence-corrected chi connectivity index (χ2v) is 6.94. The van der Waals surface area contributed by atoms with Gasteiger partial charge in [-0.25, -0.2) is 9.37 Å². The molecule has 0 saturated carbocycles. The van der Waals surface area contributed by atoms with Gasteiger partial charge in [-0.2, -0.15) is 8.78 Å². The Morgan fingerprint density at radius 2 is 2.12 bits per heavy atom. The average molecular weight is 479 g/mol. The highest BCUT2D eigenvalue weighted by Gasteiger charge is 2.35. The van der Waals surface area contributed by atoms with Crippen molar-refractivity contribution in [2.24, 2.45) is 0 Å². The number of rotatable bonds is 6. The Hall–Kier alpha value is -1.91. The summed E-state index contributed by atoms with van der Waals surface area (Å²) in [7, 11) is 0. The van der Waals surface area contributed by atoms with Gasteiger partial charge in [-0.15, -0.1) is 0 Å². The lowest BCUT2D eigenvalue weighted by Gasteiger charge is -2.20. The van der Waals surface area contributed by atoms with Gasteiger partial charge in [0, 0.05) is 47.3 Å². The summed E-state index contributed by atoms with van der Waals surface area (Å²) in [5.74, 6) is -1.51. The van der Waals surface area contributed by atoms with E-state index in [0.29, 0.717) is 0 Å². The monoisotopic (exact) mass is 479 g/mol. The van der Waals surface area contributed by atoms with Crippen molar-refractivity contribution in [2.45, 2.75) is 30.1 Å². The Morgan fingerprint density at radius 3 is 2.77 bits per heavy atom. The molecule has 0 saturated heterocycles. The van der Waals surface area contributed by atoms with E-state index in [1.807, 2.05) is 0 Å². The molecule has 0 bridgehead atoms. The molecule has 1 aliphatic carbocycles. The van der Waals surface area contributed by atoms with E-state index in [1.165, 1.54) is 24.4 Å². The van der Waals surface area contributed by atoms with Crippen LogP contribution in [0.4, 0.5) is 19.0 Å². The molecule has 0 unspecified atom stereocenters. The Kier molecular flexibility index (Phi) is 6.79. The van der Waals surface area contributed by atoms with Crippen molar-refractivity contribution in [3.63, 3.8) is 0 Å². The van der Waals surface area contributed by atoms with Crippen molar-refractivity contribution in [1.82, 2.24) is 10.3 Å². The molecule has 1 aromatic rings. The Bertz CT molecular complexity index is 773. The van der Waals surface area contributed by atoms with Crippen molar-refractivity contribution in [3.05, 3.63) is 46.9 Å². The average Bonchev–Trinajstić information content (AvgIpc) is 2.59. The number of anilines is 1. The van der Waals surface area contributed by atoms with E-state index in [4.69, 9.17) is 0 Å². The van der Waals surface area contributed by atoms with Crippen LogP contribution < -0.4 is 10.6 Å². The van der Waals surface area contributed by atoms with Crippen molar-refractivity contribution >= 4 is 40.2 Å². The molecule has 1 aliphatic rings. The Labute approximate surface area is 162 Å². The molecule has 1 aromatic heterocycles. The van der Waals surface area contributed by atoms with Gasteiger partial charge in [-0.05, 0) is 30.5 Å². The van der Waals surface area contributed by atoms with Crippen molar-refractivity contribution in [2.75, 3.05) is 11.9 Å². The number of carbonyl (C=O) groups excluding carboxylic acids is 2. The summed E-state index contributed by atoms with van der Waals surface area (Å²) in [5, 5.41) is 5.04. The molecular weight excluding hydrogens is 462 g/mol.